The van der Waals surface area contributed by atoms with Gasteiger partial charge in [-0.3, -0.25) is 4.79 Å². The number of ether oxygens (including phenoxy) is 3. The van der Waals surface area contributed by atoms with E-state index in [9.17, 15) is 19.2 Å². The smallest absolute Gasteiger partial charge is 0.345 e. The van der Waals surface area contributed by atoms with E-state index >= 15 is 0 Å². The summed E-state index contributed by atoms with van der Waals surface area (Å²) in [5, 5.41) is 0. The maximum absolute atomic E-state index is 14.5. The van der Waals surface area contributed by atoms with Crippen LogP contribution in [0.3, 0.4) is 0 Å². The van der Waals surface area contributed by atoms with E-state index < -0.39 is 40.8 Å². The molecule has 1 aliphatic heterocycles. The number of nitrogens with zero attached hydrogens (tertiary/aromatic N) is 1. The first-order valence-corrected chi connectivity index (χ1v) is 11.4. The fourth-order valence-corrected chi connectivity index (χ4v) is 4.80. The molecule has 0 aliphatic carbocycles. The molecule has 2 atom stereocenters. The highest BCUT2D eigenvalue weighted by atomic mass is 16.5. The van der Waals surface area contributed by atoms with Crippen molar-refractivity contribution in [2.45, 2.75) is 11.6 Å². The molecule has 0 radical (unpaired) electrons. The highest BCUT2D eigenvalue weighted by Gasteiger charge is 2.67. The average Bonchev–Trinajstić information content (AvgIpc) is 3.29. The van der Waals surface area contributed by atoms with Crippen LogP contribution in [0.25, 0.3) is 0 Å². The summed E-state index contributed by atoms with van der Waals surface area (Å²) in [5.41, 5.74) is -1.99. The standard InChI is InChI=1S/C29H25NO7/c1-35-26(32)22-23(27(33)36-2)29(28(34)37-3,25(31)20-15-9-5-10-16-20)30(21-17-11-6-12-18-21)24(22)19-13-7-4-8-14-19/h4-18,24H,1-3H3. The van der Waals surface area contributed by atoms with Gasteiger partial charge in [-0.15, -0.1) is 0 Å². The second-order valence-corrected chi connectivity index (χ2v) is 8.19. The molecular formula is C29H25NO7. The van der Waals surface area contributed by atoms with E-state index in [-0.39, 0.29) is 11.1 Å². The first kappa shape index (κ1) is 25.4. The number of carbonyl (C=O) groups is 4. The molecule has 0 saturated carbocycles. The molecule has 0 aromatic heterocycles. The Morgan fingerprint density at radius 2 is 1.19 bits per heavy atom. The van der Waals surface area contributed by atoms with Gasteiger partial charge in [-0.1, -0.05) is 78.9 Å². The lowest BCUT2D eigenvalue weighted by Gasteiger charge is -2.41. The third-order valence-electron chi connectivity index (χ3n) is 6.31. The Bertz CT molecular complexity index is 1350. The van der Waals surface area contributed by atoms with Crippen LogP contribution in [0, 0.1) is 0 Å². The van der Waals surface area contributed by atoms with Crippen molar-refractivity contribution >= 4 is 29.4 Å². The van der Waals surface area contributed by atoms with E-state index in [0.717, 1.165) is 21.3 Å². The number of para-hydroxylation sites is 1. The Labute approximate surface area is 214 Å². The Hall–Kier alpha value is -4.72. The van der Waals surface area contributed by atoms with Crippen LogP contribution in [0.1, 0.15) is 22.0 Å². The molecular weight excluding hydrogens is 474 g/mol. The number of hydrogen-bond acceptors (Lipinski definition) is 8. The molecule has 0 spiro atoms. The minimum atomic E-state index is -2.41. The molecule has 0 N–H and O–H groups in total. The Morgan fingerprint density at radius 3 is 1.70 bits per heavy atom. The zero-order valence-electron chi connectivity index (χ0n) is 20.5. The molecule has 8 heteroatoms. The maximum atomic E-state index is 14.5. The number of ketones is 1. The lowest BCUT2D eigenvalue weighted by Crippen LogP contribution is -2.61. The molecule has 4 rings (SSSR count). The van der Waals surface area contributed by atoms with Crippen LogP contribution in [0.5, 0.6) is 0 Å². The molecule has 3 aromatic carbocycles. The normalized spacial score (nSPS) is 18.8. The van der Waals surface area contributed by atoms with E-state index in [1.165, 1.54) is 17.0 Å². The summed E-state index contributed by atoms with van der Waals surface area (Å²) in [6.07, 6.45) is 0. The number of carbonyl (C=O) groups excluding carboxylic acids is 4. The Kier molecular flexibility index (Phi) is 7.20. The second-order valence-electron chi connectivity index (χ2n) is 8.19. The third kappa shape index (κ3) is 4.06. The molecule has 3 aromatic rings. The molecule has 2 unspecified atom stereocenters. The monoisotopic (exact) mass is 499 g/mol. The zero-order chi connectivity index (χ0) is 26.6. The number of methoxy groups -OCH3 is 3. The molecule has 0 saturated heterocycles. The largest absolute Gasteiger partial charge is 0.467 e. The Balaban J connectivity index is 2.22. The predicted octanol–water partition coefficient (Wildman–Crippen LogP) is 3.69. The van der Waals surface area contributed by atoms with Crippen molar-refractivity contribution in [2.75, 3.05) is 26.2 Å². The molecule has 1 heterocycles. The maximum Gasteiger partial charge on any atom is 0.345 e. The number of anilines is 1. The van der Waals surface area contributed by atoms with Crippen molar-refractivity contribution in [3.8, 4) is 0 Å². The van der Waals surface area contributed by atoms with Gasteiger partial charge < -0.3 is 19.1 Å². The third-order valence-corrected chi connectivity index (χ3v) is 6.31. The van der Waals surface area contributed by atoms with Crippen LogP contribution in [0.15, 0.2) is 102 Å². The first-order valence-electron chi connectivity index (χ1n) is 11.4. The van der Waals surface area contributed by atoms with Gasteiger partial charge in [0.1, 0.15) is 0 Å². The van der Waals surface area contributed by atoms with E-state index in [4.69, 9.17) is 14.2 Å². The van der Waals surface area contributed by atoms with E-state index in [1.807, 2.05) is 0 Å². The lowest BCUT2D eigenvalue weighted by atomic mass is 9.81. The van der Waals surface area contributed by atoms with Gasteiger partial charge in [-0.25, -0.2) is 14.4 Å². The topological polar surface area (TPSA) is 99.2 Å². The van der Waals surface area contributed by atoms with Crippen LogP contribution in [0.4, 0.5) is 5.69 Å². The van der Waals surface area contributed by atoms with Crippen molar-refractivity contribution in [3.63, 3.8) is 0 Å². The summed E-state index contributed by atoms with van der Waals surface area (Å²) in [4.78, 5) is 56.7. The fourth-order valence-electron chi connectivity index (χ4n) is 4.80. The van der Waals surface area contributed by atoms with E-state index in [2.05, 4.69) is 0 Å². The van der Waals surface area contributed by atoms with Crippen LogP contribution < -0.4 is 4.90 Å². The molecule has 8 nitrogen and oxygen atoms in total. The molecule has 0 bridgehead atoms. The summed E-state index contributed by atoms with van der Waals surface area (Å²) in [6.45, 7) is 0. The summed E-state index contributed by atoms with van der Waals surface area (Å²) in [7, 11) is 3.40. The zero-order valence-corrected chi connectivity index (χ0v) is 20.5. The van der Waals surface area contributed by atoms with Crippen LogP contribution in [-0.2, 0) is 28.6 Å². The van der Waals surface area contributed by atoms with Crippen molar-refractivity contribution in [3.05, 3.63) is 113 Å². The molecule has 188 valence electrons. The highest BCUT2D eigenvalue weighted by molar-refractivity contribution is 6.29. The van der Waals surface area contributed by atoms with Crippen LogP contribution >= 0.6 is 0 Å². The van der Waals surface area contributed by atoms with E-state index in [1.54, 1.807) is 78.9 Å². The van der Waals surface area contributed by atoms with Gasteiger partial charge in [0.05, 0.1) is 38.5 Å². The van der Waals surface area contributed by atoms with Gasteiger partial charge in [-0.05, 0) is 17.7 Å². The van der Waals surface area contributed by atoms with Gasteiger partial charge in [0, 0.05) is 11.3 Å². The van der Waals surface area contributed by atoms with Gasteiger partial charge in [0.15, 0.2) is 0 Å². The lowest BCUT2D eigenvalue weighted by molar-refractivity contribution is -0.147. The van der Waals surface area contributed by atoms with Gasteiger partial charge in [0.25, 0.3) is 0 Å². The summed E-state index contributed by atoms with van der Waals surface area (Å²) in [5.74, 6) is -3.73. The van der Waals surface area contributed by atoms with Gasteiger partial charge >= 0.3 is 17.9 Å². The van der Waals surface area contributed by atoms with Crippen LogP contribution in [-0.4, -0.2) is 50.6 Å². The summed E-state index contributed by atoms with van der Waals surface area (Å²) >= 11 is 0. The van der Waals surface area contributed by atoms with Crippen molar-refractivity contribution in [2.24, 2.45) is 0 Å². The SMILES string of the molecule is COC(=O)C1=C(C(=O)OC)C(C(=O)OC)(C(=O)c2ccccc2)N(c2ccccc2)C1c1ccccc1. The van der Waals surface area contributed by atoms with Crippen LogP contribution in [0.2, 0.25) is 0 Å². The quantitative estimate of drug-likeness (QED) is 0.210. The summed E-state index contributed by atoms with van der Waals surface area (Å²) < 4.78 is 15.4. The fraction of sp³-hybridized carbons (Fsp3) is 0.172. The van der Waals surface area contributed by atoms with E-state index in [0.29, 0.717) is 11.3 Å². The molecule has 0 amide bonds. The average molecular weight is 500 g/mol. The van der Waals surface area contributed by atoms with Crippen molar-refractivity contribution in [1.29, 1.82) is 0 Å². The predicted molar refractivity (Wildman–Crippen MR) is 135 cm³/mol. The van der Waals surface area contributed by atoms with Gasteiger partial charge in [-0.2, -0.15) is 0 Å². The first-order chi connectivity index (χ1) is 17.9. The number of Topliss-reactive ketones (excluding diaryl/α,β-unsaturated/α-hetero) is 1. The molecule has 0 fully saturated rings. The number of rotatable bonds is 7. The number of benzene rings is 3. The summed E-state index contributed by atoms with van der Waals surface area (Å²) in [6, 6.07) is 24.3. The second kappa shape index (κ2) is 10.5. The number of hydrogen-bond donors (Lipinski definition) is 0. The minimum absolute atomic E-state index is 0.133. The van der Waals surface area contributed by atoms with Crippen molar-refractivity contribution in [1.82, 2.24) is 0 Å². The van der Waals surface area contributed by atoms with Gasteiger partial charge in [0.2, 0.25) is 11.3 Å². The molecule has 37 heavy (non-hydrogen) atoms. The number of esters is 3. The molecule has 1 aliphatic rings. The minimum Gasteiger partial charge on any atom is -0.467 e. The van der Waals surface area contributed by atoms with Crippen molar-refractivity contribution < 1.29 is 33.4 Å². The Morgan fingerprint density at radius 1 is 0.676 bits per heavy atom. The highest BCUT2D eigenvalue weighted by Crippen LogP contribution is 2.52.